The van der Waals surface area contributed by atoms with Gasteiger partial charge in [0.15, 0.2) is 5.78 Å². The van der Waals surface area contributed by atoms with Crippen molar-refractivity contribution in [1.29, 1.82) is 5.26 Å². The van der Waals surface area contributed by atoms with Crippen LogP contribution in [0.1, 0.15) is 12.8 Å². The van der Waals surface area contributed by atoms with E-state index in [0.717, 1.165) is 27.7 Å². The number of anilines is 2. The lowest BCUT2D eigenvalue weighted by atomic mass is 10.1. The van der Waals surface area contributed by atoms with Gasteiger partial charge >= 0.3 is 5.97 Å². The molecule has 7 heteroatoms. The molecule has 0 N–H and O–H groups in total. The first-order valence-corrected chi connectivity index (χ1v) is 10.8. The van der Waals surface area contributed by atoms with Gasteiger partial charge in [0.1, 0.15) is 34.4 Å². The van der Waals surface area contributed by atoms with Crippen molar-refractivity contribution in [3.05, 3.63) is 78.1 Å². The van der Waals surface area contributed by atoms with Crippen molar-refractivity contribution in [2.24, 2.45) is 0 Å². The normalized spacial score (nSPS) is 12.7. The van der Waals surface area contributed by atoms with E-state index in [0.29, 0.717) is 17.2 Å². The molecule has 0 unspecified atom stereocenters. The quantitative estimate of drug-likeness (QED) is 0.179. The van der Waals surface area contributed by atoms with E-state index in [2.05, 4.69) is 0 Å². The Hall–Kier alpha value is -4.57. The van der Waals surface area contributed by atoms with Crippen LogP contribution < -0.4 is 14.5 Å². The second-order valence-electron chi connectivity index (χ2n) is 8.07. The molecule has 1 aliphatic heterocycles. The number of hydrogen-bond donors (Lipinski definition) is 0. The van der Waals surface area contributed by atoms with Crippen molar-refractivity contribution < 1.29 is 18.7 Å². The number of rotatable bonds is 5. The summed E-state index contributed by atoms with van der Waals surface area (Å²) in [4.78, 5) is 29.0. The molecule has 0 radical (unpaired) electrons. The number of nitrogens with zero attached hydrogens (tertiary/aromatic N) is 3. The van der Waals surface area contributed by atoms with Crippen LogP contribution in [-0.2, 0) is 9.59 Å². The SMILES string of the molecule is CN1C(=C(C#N)C(=O)CCC(=O)Oc2ccc3oc4ccccc4c3c2)N(C)c2ccccc21. The van der Waals surface area contributed by atoms with Gasteiger partial charge in [0.2, 0.25) is 0 Å². The van der Waals surface area contributed by atoms with E-state index in [1.165, 1.54) is 0 Å². The Bertz CT molecular complexity index is 1490. The van der Waals surface area contributed by atoms with Gasteiger partial charge in [-0.05, 0) is 36.4 Å². The monoisotopic (exact) mass is 451 g/mol. The van der Waals surface area contributed by atoms with Crippen LogP contribution in [0.2, 0.25) is 0 Å². The van der Waals surface area contributed by atoms with Gasteiger partial charge in [0, 0.05) is 31.3 Å². The molecule has 168 valence electrons. The van der Waals surface area contributed by atoms with E-state index in [4.69, 9.17) is 9.15 Å². The van der Waals surface area contributed by atoms with Crippen molar-refractivity contribution in [2.45, 2.75) is 12.8 Å². The number of ketones is 1. The number of Topliss-reactive ketones (excluding diaryl/α,β-unsaturated/α-hetero) is 1. The standard InChI is InChI=1S/C27H21N3O4/c1-29-21-8-4-5-9-22(21)30(2)27(29)20(16-28)23(31)12-14-26(32)33-17-11-13-25-19(15-17)18-7-3-6-10-24(18)34-25/h3-11,13,15H,12,14H2,1-2H3. The summed E-state index contributed by atoms with van der Waals surface area (Å²) in [6.45, 7) is 0. The maximum atomic E-state index is 12.9. The summed E-state index contributed by atoms with van der Waals surface area (Å²) < 4.78 is 11.3. The number of carbonyl (C=O) groups is 2. The highest BCUT2D eigenvalue weighted by atomic mass is 16.5. The maximum Gasteiger partial charge on any atom is 0.311 e. The zero-order valence-electron chi connectivity index (χ0n) is 18.7. The molecular weight excluding hydrogens is 430 g/mol. The fourth-order valence-corrected chi connectivity index (χ4v) is 4.35. The second-order valence-corrected chi connectivity index (χ2v) is 8.07. The molecule has 0 atom stereocenters. The molecule has 1 aromatic heterocycles. The van der Waals surface area contributed by atoms with Gasteiger partial charge in [-0.2, -0.15) is 5.26 Å². The first kappa shape index (κ1) is 21.3. The first-order chi connectivity index (χ1) is 16.5. The lowest BCUT2D eigenvalue weighted by molar-refractivity contribution is -0.135. The first-order valence-electron chi connectivity index (χ1n) is 10.8. The number of benzene rings is 3. The second kappa shape index (κ2) is 8.41. The molecule has 0 fully saturated rings. The predicted molar refractivity (Wildman–Crippen MR) is 129 cm³/mol. The summed E-state index contributed by atoms with van der Waals surface area (Å²) in [5, 5.41) is 11.5. The van der Waals surface area contributed by atoms with E-state index in [9.17, 15) is 14.9 Å². The average Bonchev–Trinajstić information content (AvgIpc) is 3.34. The highest BCUT2D eigenvalue weighted by Gasteiger charge is 2.31. The number of carbonyl (C=O) groups excluding carboxylic acids is 2. The van der Waals surface area contributed by atoms with Crippen LogP contribution in [0, 0.1) is 11.3 Å². The molecular formula is C27H21N3O4. The molecule has 0 bridgehead atoms. The summed E-state index contributed by atoms with van der Waals surface area (Å²) in [6.07, 6.45) is -0.262. The Labute approximate surface area is 196 Å². The molecule has 7 nitrogen and oxygen atoms in total. The Morgan fingerprint density at radius 1 is 0.882 bits per heavy atom. The number of furan rings is 1. The Morgan fingerprint density at radius 2 is 1.53 bits per heavy atom. The van der Waals surface area contributed by atoms with E-state index >= 15 is 0 Å². The highest BCUT2D eigenvalue weighted by molar-refractivity contribution is 6.06. The molecule has 0 saturated carbocycles. The van der Waals surface area contributed by atoms with Crippen LogP contribution in [0.3, 0.4) is 0 Å². The van der Waals surface area contributed by atoms with E-state index in [1.54, 1.807) is 18.2 Å². The van der Waals surface area contributed by atoms with Crippen molar-refractivity contribution in [2.75, 3.05) is 23.9 Å². The number of fused-ring (bicyclic) bond motifs is 4. The molecule has 0 saturated heterocycles. The van der Waals surface area contributed by atoms with Crippen molar-refractivity contribution in [3.8, 4) is 11.8 Å². The maximum absolute atomic E-state index is 12.9. The fraction of sp³-hybridized carbons (Fsp3) is 0.148. The van der Waals surface area contributed by atoms with E-state index in [-0.39, 0.29) is 18.4 Å². The van der Waals surface area contributed by atoms with Crippen molar-refractivity contribution in [3.63, 3.8) is 0 Å². The van der Waals surface area contributed by atoms with Crippen LogP contribution in [0.15, 0.2) is 82.5 Å². The molecule has 34 heavy (non-hydrogen) atoms. The van der Waals surface area contributed by atoms with Crippen LogP contribution in [0.25, 0.3) is 21.9 Å². The Balaban J connectivity index is 1.30. The minimum Gasteiger partial charge on any atom is -0.456 e. The number of nitriles is 1. The smallest absolute Gasteiger partial charge is 0.311 e. The summed E-state index contributed by atoms with van der Waals surface area (Å²) in [5.74, 6) is -0.0723. The van der Waals surface area contributed by atoms with Gasteiger partial charge in [-0.15, -0.1) is 0 Å². The Kier molecular flexibility index (Phi) is 5.27. The average molecular weight is 451 g/mol. The van der Waals surface area contributed by atoms with Gasteiger partial charge in [-0.3, -0.25) is 9.59 Å². The number of para-hydroxylation sites is 3. The summed E-state index contributed by atoms with van der Waals surface area (Å²) in [7, 11) is 3.62. The van der Waals surface area contributed by atoms with Crippen LogP contribution in [0.4, 0.5) is 11.4 Å². The largest absolute Gasteiger partial charge is 0.456 e. The van der Waals surface area contributed by atoms with Crippen molar-refractivity contribution >= 4 is 45.1 Å². The lowest BCUT2D eigenvalue weighted by Crippen LogP contribution is -2.26. The van der Waals surface area contributed by atoms with Gasteiger partial charge < -0.3 is 19.0 Å². The van der Waals surface area contributed by atoms with Crippen LogP contribution >= 0.6 is 0 Å². The molecule has 4 aromatic rings. The molecule has 0 spiro atoms. The molecule has 5 rings (SSSR count). The molecule has 3 aromatic carbocycles. The summed E-state index contributed by atoms with van der Waals surface area (Å²) in [5.41, 5.74) is 3.28. The number of hydrogen-bond acceptors (Lipinski definition) is 7. The van der Waals surface area contributed by atoms with Gasteiger partial charge in [0.05, 0.1) is 17.8 Å². The number of allylic oxidation sites excluding steroid dienone is 1. The Morgan fingerprint density at radius 3 is 2.24 bits per heavy atom. The van der Waals surface area contributed by atoms with E-state index < -0.39 is 11.8 Å². The highest BCUT2D eigenvalue weighted by Crippen LogP contribution is 2.40. The zero-order chi connectivity index (χ0) is 23.8. The minimum absolute atomic E-state index is 0.0142. The fourth-order valence-electron chi connectivity index (χ4n) is 4.35. The third-order valence-corrected chi connectivity index (χ3v) is 5.99. The molecule has 0 aliphatic carbocycles. The van der Waals surface area contributed by atoms with Crippen LogP contribution in [0.5, 0.6) is 5.75 Å². The third-order valence-electron chi connectivity index (χ3n) is 5.99. The number of esters is 1. The van der Waals surface area contributed by atoms with Crippen molar-refractivity contribution in [1.82, 2.24) is 0 Å². The van der Waals surface area contributed by atoms with Gasteiger partial charge in [-0.25, -0.2) is 0 Å². The third kappa shape index (κ3) is 3.55. The zero-order valence-corrected chi connectivity index (χ0v) is 18.7. The van der Waals surface area contributed by atoms with E-state index in [1.807, 2.05) is 78.5 Å². The minimum atomic E-state index is -0.542. The number of ether oxygens (including phenoxy) is 1. The summed E-state index contributed by atoms with van der Waals surface area (Å²) in [6, 6.07) is 22.5. The topological polar surface area (TPSA) is 86.8 Å². The molecule has 0 amide bonds. The van der Waals surface area contributed by atoms with Crippen LogP contribution in [-0.4, -0.2) is 25.8 Å². The molecule has 1 aliphatic rings. The predicted octanol–water partition coefficient (Wildman–Crippen LogP) is 5.16. The molecule has 2 heterocycles. The van der Waals surface area contributed by atoms with Gasteiger partial charge in [-0.1, -0.05) is 30.3 Å². The lowest BCUT2D eigenvalue weighted by Gasteiger charge is -2.19. The summed E-state index contributed by atoms with van der Waals surface area (Å²) >= 11 is 0. The van der Waals surface area contributed by atoms with Gasteiger partial charge in [0.25, 0.3) is 0 Å².